The van der Waals surface area contributed by atoms with Crippen molar-refractivity contribution in [2.45, 2.75) is 32.9 Å². The van der Waals surface area contributed by atoms with Gasteiger partial charge in [-0.05, 0) is 61.9 Å². The predicted molar refractivity (Wildman–Crippen MR) is 138 cm³/mol. The van der Waals surface area contributed by atoms with Crippen LogP contribution in [0.3, 0.4) is 0 Å². The highest BCUT2D eigenvalue weighted by Crippen LogP contribution is 2.21. The molecule has 1 amide bonds. The molecule has 1 aromatic heterocycles. The topological polar surface area (TPSA) is 99.4 Å². The van der Waals surface area contributed by atoms with Gasteiger partial charge in [0.2, 0.25) is 5.91 Å². The Morgan fingerprint density at radius 2 is 1.75 bits per heavy atom. The third-order valence-electron chi connectivity index (χ3n) is 5.83. The number of fused-ring (bicyclic) bond motifs is 1. The molecule has 0 bridgehead atoms. The molecule has 36 heavy (non-hydrogen) atoms. The van der Waals surface area contributed by atoms with Gasteiger partial charge in [-0.2, -0.15) is 0 Å². The van der Waals surface area contributed by atoms with E-state index in [0.717, 1.165) is 16.4 Å². The standard InChI is InChI=1S/C28H27N3O5/c1-18(2)29-26(33)15-19-8-11-22(12-9-19)31-27(34)23-6-4-5-7-24(23)30(28(31)35)16-21-14-20(17-32)10-13-25(21)36-3/h4-14,17-18H,15-16H2,1-3H3,(H,29,33). The molecule has 184 valence electrons. The normalized spacial score (nSPS) is 11.0. The number of hydrogen-bond acceptors (Lipinski definition) is 5. The van der Waals surface area contributed by atoms with Gasteiger partial charge in [0, 0.05) is 17.2 Å². The number of aromatic nitrogens is 2. The van der Waals surface area contributed by atoms with Gasteiger partial charge in [0.1, 0.15) is 12.0 Å². The average molecular weight is 486 g/mol. The summed E-state index contributed by atoms with van der Waals surface area (Å²) in [4.78, 5) is 50.5. The molecule has 3 aromatic carbocycles. The summed E-state index contributed by atoms with van der Waals surface area (Å²) in [5, 5.41) is 3.22. The average Bonchev–Trinajstić information content (AvgIpc) is 2.87. The van der Waals surface area contributed by atoms with Gasteiger partial charge in [0.15, 0.2) is 0 Å². The van der Waals surface area contributed by atoms with E-state index in [1.165, 1.54) is 11.7 Å². The molecule has 0 saturated heterocycles. The maximum atomic E-state index is 13.7. The van der Waals surface area contributed by atoms with Crippen LogP contribution in [-0.4, -0.2) is 34.5 Å². The van der Waals surface area contributed by atoms with Gasteiger partial charge < -0.3 is 10.1 Å². The minimum absolute atomic E-state index is 0.0391. The Hall–Kier alpha value is -4.46. The molecule has 0 aliphatic heterocycles. The lowest BCUT2D eigenvalue weighted by Gasteiger charge is -2.16. The highest BCUT2D eigenvalue weighted by molar-refractivity contribution is 5.80. The van der Waals surface area contributed by atoms with Crippen LogP contribution >= 0.6 is 0 Å². The van der Waals surface area contributed by atoms with E-state index < -0.39 is 11.2 Å². The Morgan fingerprint density at radius 1 is 1.03 bits per heavy atom. The van der Waals surface area contributed by atoms with Crippen molar-refractivity contribution in [2.24, 2.45) is 0 Å². The third kappa shape index (κ3) is 4.98. The zero-order chi connectivity index (χ0) is 25.8. The summed E-state index contributed by atoms with van der Waals surface area (Å²) in [7, 11) is 1.52. The summed E-state index contributed by atoms with van der Waals surface area (Å²) in [6.07, 6.45) is 0.926. The third-order valence-corrected chi connectivity index (χ3v) is 5.83. The number of methoxy groups -OCH3 is 1. The van der Waals surface area contributed by atoms with E-state index in [1.807, 2.05) is 13.8 Å². The van der Waals surface area contributed by atoms with Crippen LogP contribution < -0.4 is 21.3 Å². The van der Waals surface area contributed by atoms with E-state index in [1.54, 1.807) is 66.7 Å². The van der Waals surface area contributed by atoms with Gasteiger partial charge in [-0.15, -0.1) is 0 Å². The van der Waals surface area contributed by atoms with Crippen molar-refractivity contribution in [3.63, 3.8) is 0 Å². The van der Waals surface area contributed by atoms with E-state index in [4.69, 9.17) is 4.74 Å². The molecule has 8 heteroatoms. The Morgan fingerprint density at radius 3 is 2.42 bits per heavy atom. The van der Waals surface area contributed by atoms with Gasteiger partial charge in [0.25, 0.3) is 5.56 Å². The lowest BCUT2D eigenvalue weighted by molar-refractivity contribution is -0.120. The molecule has 1 N–H and O–H groups in total. The molecule has 0 unspecified atom stereocenters. The molecule has 0 aliphatic rings. The van der Waals surface area contributed by atoms with Crippen molar-refractivity contribution < 1.29 is 14.3 Å². The van der Waals surface area contributed by atoms with Crippen LogP contribution in [0.2, 0.25) is 0 Å². The molecule has 1 heterocycles. The molecule has 4 rings (SSSR count). The van der Waals surface area contributed by atoms with Crippen LogP contribution in [0.4, 0.5) is 0 Å². The number of hydrogen-bond donors (Lipinski definition) is 1. The summed E-state index contributed by atoms with van der Waals surface area (Å²) >= 11 is 0. The molecular weight excluding hydrogens is 458 g/mol. The summed E-state index contributed by atoms with van der Waals surface area (Å²) in [6.45, 7) is 3.88. The first kappa shape index (κ1) is 24.7. The van der Waals surface area contributed by atoms with Gasteiger partial charge in [0.05, 0.1) is 36.7 Å². The van der Waals surface area contributed by atoms with Gasteiger partial charge in [-0.25, -0.2) is 9.36 Å². The fourth-order valence-corrected chi connectivity index (χ4v) is 4.19. The summed E-state index contributed by atoms with van der Waals surface area (Å²) in [5.74, 6) is 0.424. The first-order chi connectivity index (χ1) is 17.3. The lowest BCUT2D eigenvalue weighted by Crippen LogP contribution is -2.39. The minimum Gasteiger partial charge on any atom is -0.496 e. The highest BCUT2D eigenvalue weighted by Gasteiger charge is 2.16. The number of rotatable bonds is 8. The molecule has 0 radical (unpaired) electrons. The predicted octanol–water partition coefficient (Wildman–Crippen LogP) is 3.09. The fourth-order valence-electron chi connectivity index (χ4n) is 4.19. The van der Waals surface area contributed by atoms with Crippen molar-refractivity contribution in [3.8, 4) is 11.4 Å². The molecule has 8 nitrogen and oxygen atoms in total. The molecule has 0 spiro atoms. The first-order valence-corrected chi connectivity index (χ1v) is 11.6. The molecule has 4 aromatic rings. The number of carbonyl (C=O) groups excluding carboxylic acids is 2. The highest BCUT2D eigenvalue weighted by atomic mass is 16.5. The Labute approximate surface area is 207 Å². The quantitative estimate of drug-likeness (QED) is 0.387. The zero-order valence-electron chi connectivity index (χ0n) is 20.4. The van der Waals surface area contributed by atoms with Crippen LogP contribution in [-0.2, 0) is 17.8 Å². The SMILES string of the molecule is COc1ccc(C=O)cc1Cn1c(=O)n(-c2ccc(CC(=O)NC(C)C)cc2)c(=O)c2ccccc21. The largest absolute Gasteiger partial charge is 0.496 e. The van der Waals surface area contributed by atoms with Crippen molar-refractivity contribution in [3.05, 3.63) is 104 Å². The monoisotopic (exact) mass is 485 g/mol. The van der Waals surface area contributed by atoms with E-state index in [2.05, 4.69) is 5.32 Å². The maximum Gasteiger partial charge on any atom is 0.336 e. The van der Waals surface area contributed by atoms with E-state index in [0.29, 0.717) is 33.5 Å². The Balaban J connectivity index is 1.82. The van der Waals surface area contributed by atoms with Crippen LogP contribution in [0.15, 0.2) is 76.3 Å². The number of nitrogens with one attached hydrogen (secondary N) is 1. The van der Waals surface area contributed by atoms with Gasteiger partial charge in [-0.3, -0.25) is 19.0 Å². The van der Waals surface area contributed by atoms with Crippen molar-refractivity contribution in [2.75, 3.05) is 7.11 Å². The summed E-state index contributed by atoms with van der Waals surface area (Å²) < 4.78 is 8.06. The summed E-state index contributed by atoms with van der Waals surface area (Å²) in [6, 6.07) is 18.7. The summed E-state index contributed by atoms with van der Waals surface area (Å²) in [5.41, 5.74) is 1.75. The minimum atomic E-state index is -0.525. The molecule has 0 atom stereocenters. The second-order valence-corrected chi connectivity index (χ2v) is 8.78. The first-order valence-electron chi connectivity index (χ1n) is 11.6. The number of aldehydes is 1. The molecular formula is C28H27N3O5. The van der Waals surface area contributed by atoms with Gasteiger partial charge >= 0.3 is 5.69 Å². The second-order valence-electron chi connectivity index (χ2n) is 8.78. The second kappa shape index (κ2) is 10.4. The van der Waals surface area contributed by atoms with Crippen LogP contribution in [0, 0.1) is 0 Å². The van der Waals surface area contributed by atoms with Crippen LogP contribution in [0.1, 0.15) is 35.3 Å². The lowest BCUT2D eigenvalue weighted by atomic mass is 10.1. The van der Waals surface area contributed by atoms with E-state index in [-0.39, 0.29) is 24.9 Å². The fraction of sp³-hybridized carbons (Fsp3) is 0.214. The van der Waals surface area contributed by atoms with Crippen LogP contribution in [0.25, 0.3) is 16.6 Å². The van der Waals surface area contributed by atoms with Crippen LogP contribution in [0.5, 0.6) is 5.75 Å². The van der Waals surface area contributed by atoms with E-state index >= 15 is 0 Å². The number of nitrogens with zero attached hydrogens (tertiary/aromatic N) is 2. The number of para-hydroxylation sites is 1. The van der Waals surface area contributed by atoms with E-state index in [9.17, 15) is 19.2 Å². The Bertz CT molecular complexity index is 1550. The van der Waals surface area contributed by atoms with Crippen molar-refractivity contribution in [1.29, 1.82) is 0 Å². The van der Waals surface area contributed by atoms with Crippen molar-refractivity contribution in [1.82, 2.24) is 14.5 Å². The number of ether oxygens (including phenoxy) is 1. The molecule has 0 aliphatic carbocycles. The van der Waals surface area contributed by atoms with Crippen molar-refractivity contribution >= 4 is 23.1 Å². The molecule has 0 saturated carbocycles. The van der Waals surface area contributed by atoms with Gasteiger partial charge in [-0.1, -0.05) is 24.3 Å². The number of carbonyl (C=O) groups is 2. The zero-order valence-corrected chi connectivity index (χ0v) is 20.4. The number of amides is 1. The Kier molecular flexibility index (Phi) is 7.15. The molecule has 0 fully saturated rings. The number of benzene rings is 3. The maximum absolute atomic E-state index is 13.7. The smallest absolute Gasteiger partial charge is 0.336 e.